The average Bonchev–Trinajstić information content (AvgIpc) is 2.88. The van der Waals surface area contributed by atoms with Gasteiger partial charge >= 0.3 is 0 Å². The highest BCUT2D eigenvalue weighted by Crippen LogP contribution is 2.31. The molecule has 1 saturated heterocycles. The third kappa shape index (κ3) is 4.37. The molecule has 0 saturated carbocycles. The predicted molar refractivity (Wildman–Crippen MR) is 133 cm³/mol. The number of ether oxygens (including phenoxy) is 2. The van der Waals surface area contributed by atoms with E-state index in [2.05, 4.69) is 17.1 Å². The summed E-state index contributed by atoms with van der Waals surface area (Å²) in [5.41, 5.74) is 3.85. The molecule has 1 atom stereocenters. The van der Waals surface area contributed by atoms with Gasteiger partial charge in [0.25, 0.3) is 0 Å². The summed E-state index contributed by atoms with van der Waals surface area (Å²) in [4.78, 5) is 16.8. The van der Waals surface area contributed by atoms with Crippen LogP contribution in [0.4, 0.5) is 17.5 Å². The van der Waals surface area contributed by atoms with Gasteiger partial charge in [0.1, 0.15) is 11.6 Å². The maximum atomic E-state index is 9.73. The molecule has 8 heteroatoms. The lowest BCUT2D eigenvalue weighted by molar-refractivity contribution is 0.0987. The summed E-state index contributed by atoms with van der Waals surface area (Å²) in [6.45, 7) is 4.06. The average molecular weight is 458 g/mol. The van der Waals surface area contributed by atoms with E-state index < -0.39 is 0 Å². The minimum Gasteiger partial charge on any atom is -0.496 e. The van der Waals surface area contributed by atoms with Crippen LogP contribution in [0.1, 0.15) is 12.5 Å². The molecule has 0 spiro atoms. The number of rotatable bonds is 6. The Hall–Kier alpha value is -3.75. The number of para-hydroxylation sites is 1. The molecular weight excluding hydrogens is 430 g/mol. The van der Waals surface area contributed by atoms with Gasteiger partial charge in [-0.25, -0.2) is 4.98 Å². The van der Waals surface area contributed by atoms with E-state index in [0.717, 1.165) is 34.7 Å². The zero-order chi connectivity index (χ0) is 23.5. The molecule has 2 aromatic heterocycles. The Labute approximate surface area is 198 Å². The van der Waals surface area contributed by atoms with E-state index in [9.17, 15) is 5.11 Å². The smallest absolute Gasteiger partial charge is 0.231 e. The monoisotopic (exact) mass is 457 g/mol. The first-order valence-electron chi connectivity index (χ1n) is 11.3. The number of aliphatic hydroxyl groups excluding tert-OH is 1. The molecule has 0 radical (unpaired) electrons. The maximum absolute atomic E-state index is 9.73. The molecule has 34 heavy (non-hydrogen) atoms. The molecule has 8 nitrogen and oxygen atoms in total. The molecular formula is C26H27N5O3. The van der Waals surface area contributed by atoms with Gasteiger partial charge in [-0.1, -0.05) is 18.2 Å². The van der Waals surface area contributed by atoms with Crippen molar-refractivity contribution in [2.24, 2.45) is 0 Å². The first-order valence-corrected chi connectivity index (χ1v) is 11.3. The first-order chi connectivity index (χ1) is 16.7. The number of morpholine rings is 1. The van der Waals surface area contributed by atoms with Gasteiger partial charge in [0.2, 0.25) is 5.95 Å². The molecule has 0 aliphatic carbocycles. The Morgan fingerprint density at radius 3 is 2.71 bits per heavy atom. The second-order valence-corrected chi connectivity index (χ2v) is 8.23. The number of fused-ring (bicyclic) bond motifs is 1. The van der Waals surface area contributed by atoms with Crippen molar-refractivity contribution < 1.29 is 14.6 Å². The second-order valence-electron chi connectivity index (χ2n) is 8.23. The third-order valence-electron chi connectivity index (χ3n) is 5.96. The summed E-state index contributed by atoms with van der Waals surface area (Å²) in [5, 5.41) is 13.9. The fourth-order valence-electron chi connectivity index (χ4n) is 4.18. The summed E-state index contributed by atoms with van der Waals surface area (Å²) in [6, 6.07) is 19.7. The molecule has 3 heterocycles. The standard InChI is InChI=1S/C26H27N5O3/c1-17-16-34-13-12-31(17)25-21-9-10-22(18-8-11-23(33-2)19(14-18)15-32)28-24(21)29-26(30-25)27-20-6-4-3-5-7-20/h3-11,14,17,32H,12-13,15-16H2,1-2H3,(H,27,28,29,30)/t17-/m0/s1. The Morgan fingerprint density at radius 2 is 1.94 bits per heavy atom. The maximum Gasteiger partial charge on any atom is 0.231 e. The van der Waals surface area contributed by atoms with Crippen LogP contribution in [0, 0.1) is 0 Å². The van der Waals surface area contributed by atoms with Crippen molar-refractivity contribution >= 4 is 28.5 Å². The predicted octanol–water partition coefficient (Wildman–Crippen LogP) is 4.16. The van der Waals surface area contributed by atoms with Gasteiger partial charge in [0, 0.05) is 23.4 Å². The van der Waals surface area contributed by atoms with Crippen molar-refractivity contribution in [2.45, 2.75) is 19.6 Å². The topological polar surface area (TPSA) is 92.6 Å². The minimum atomic E-state index is -0.114. The summed E-state index contributed by atoms with van der Waals surface area (Å²) >= 11 is 0. The largest absolute Gasteiger partial charge is 0.496 e. The van der Waals surface area contributed by atoms with Crippen LogP contribution in [-0.4, -0.2) is 53.0 Å². The normalized spacial score (nSPS) is 16.0. The molecule has 0 amide bonds. The number of hydrogen-bond donors (Lipinski definition) is 2. The van der Waals surface area contributed by atoms with Crippen LogP contribution in [0.5, 0.6) is 5.75 Å². The molecule has 174 valence electrons. The lowest BCUT2D eigenvalue weighted by Gasteiger charge is -2.34. The number of pyridine rings is 1. The Balaban J connectivity index is 1.62. The number of aromatic nitrogens is 3. The zero-order valence-electron chi connectivity index (χ0n) is 19.2. The van der Waals surface area contributed by atoms with E-state index >= 15 is 0 Å². The highest BCUT2D eigenvalue weighted by molar-refractivity contribution is 5.90. The summed E-state index contributed by atoms with van der Waals surface area (Å²) in [5.74, 6) is 1.97. The Kier molecular flexibility index (Phi) is 6.24. The van der Waals surface area contributed by atoms with Crippen molar-refractivity contribution in [3.05, 3.63) is 66.2 Å². The summed E-state index contributed by atoms with van der Waals surface area (Å²) in [7, 11) is 1.59. The quantitative estimate of drug-likeness (QED) is 0.446. The van der Waals surface area contributed by atoms with E-state index in [1.807, 2.05) is 60.7 Å². The Morgan fingerprint density at radius 1 is 1.09 bits per heavy atom. The van der Waals surface area contributed by atoms with Crippen LogP contribution < -0.4 is 15.0 Å². The molecule has 0 bridgehead atoms. The lowest BCUT2D eigenvalue weighted by Crippen LogP contribution is -2.44. The van der Waals surface area contributed by atoms with Crippen LogP contribution >= 0.6 is 0 Å². The lowest BCUT2D eigenvalue weighted by atomic mass is 10.1. The van der Waals surface area contributed by atoms with Gasteiger partial charge in [-0.05, 0) is 49.4 Å². The van der Waals surface area contributed by atoms with Crippen LogP contribution in [0.25, 0.3) is 22.3 Å². The van der Waals surface area contributed by atoms with Crippen LogP contribution in [0.2, 0.25) is 0 Å². The molecule has 4 aromatic rings. The van der Waals surface area contributed by atoms with Gasteiger partial charge in [0.15, 0.2) is 5.65 Å². The number of nitrogens with zero attached hydrogens (tertiary/aromatic N) is 4. The fraction of sp³-hybridized carbons (Fsp3) is 0.269. The minimum absolute atomic E-state index is 0.114. The Bertz CT molecular complexity index is 1300. The van der Waals surface area contributed by atoms with Gasteiger partial charge in [-0.3, -0.25) is 0 Å². The number of aliphatic hydroxyl groups is 1. The molecule has 0 unspecified atom stereocenters. The highest BCUT2D eigenvalue weighted by Gasteiger charge is 2.24. The van der Waals surface area contributed by atoms with E-state index in [4.69, 9.17) is 24.4 Å². The molecule has 5 rings (SSSR count). The van der Waals surface area contributed by atoms with Crippen molar-refractivity contribution in [3.8, 4) is 17.0 Å². The van der Waals surface area contributed by atoms with Crippen LogP contribution in [0.3, 0.4) is 0 Å². The SMILES string of the molecule is COc1ccc(-c2ccc3c(N4CCOC[C@@H]4C)nc(Nc4ccccc4)nc3n2)cc1CO. The van der Waals surface area contributed by atoms with Crippen LogP contribution in [0.15, 0.2) is 60.7 Å². The number of benzene rings is 2. The van der Waals surface area contributed by atoms with E-state index in [0.29, 0.717) is 36.1 Å². The van der Waals surface area contributed by atoms with Gasteiger partial charge in [-0.15, -0.1) is 0 Å². The highest BCUT2D eigenvalue weighted by atomic mass is 16.5. The van der Waals surface area contributed by atoms with Crippen molar-refractivity contribution in [2.75, 3.05) is 37.1 Å². The van der Waals surface area contributed by atoms with Gasteiger partial charge in [-0.2, -0.15) is 9.97 Å². The molecule has 1 fully saturated rings. The van der Waals surface area contributed by atoms with Crippen molar-refractivity contribution in [3.63, 3.8) is 0 Å². The number of nitrogens with one attached hydrogen (secondary N) is 1. The number of anilines is 3. The second kappa shape index (κ2) is 9.62. The van der Waals surface area contributed by atoms with E-state index in [1.165, 1.54) is 0 Å². The van der Waals surface area contributed by atoms with Gasteiger partial charge in [0.05, 0.1) is 44.1 Å². The number of methoxy groups -OCH3 is 1. The third-order valence-corrected chi connectivity index (χ3v) is 5.96. The molecule has 1 aliphatic heterocycles. The molecule has 1 aliphatic rings. The molecule has 2 aromatic carbocycles. The number of hydrogen-bond acceptors (Lipinski definition) is 8. The first kappa shape index (κ1) is 22.1. The summed E-state index contributed by atoms with van der Waals surface area (Å²) < 4.78 is 11.0. The van der Waals surface area contributed by atoms with Gasteiger partial charge < -0.3 is 24.8 Å². The van der Waals surface area contributed by atoms with Crippen molar-refractivity contribution in [1.29, 1.82) is 0 Å². The van der Waals surface area contributed by atoms with E-state index in [-0.39, 0.29) is 12.6 Å². The zero-order valence-corrected chi connectivity index (χ0v) is 19.2. The van der Waals surface area contributed by atoms with Crippen molar-refractivity contribution in [1.82, 2.24) is 15.0 Å². The molecule has 2 N–H and O–H groups in total. The fourth-order valence-corrected chi connectivity index (χ4v) is 4.18. The summed E-state index contributed by atoms with van der Waals surface area (Å²) in [6.07, 6.45) is 0. The van der Waals surface area contributed by atoms with E-state index in [1.54, 1.807) is 7.11 Å². The van der Waals surface area contributed by atoms with Crippen LogP contribution in [-0.2, 0) is 11.3 Å².